The molecule has 0 N–H and O–H groups in total. The van der Waals surface area contributed by atoms with Gasteiger partial charge in [0, 0.05) is 65.1 Å². The van der Waals surface area contributed by atoms with Crippen molar-refractivity contribution < 1.29 is 166 Å². The summed E-state index contributed by atoms with van der Waals surface area (Å²) in [4.78, 5) is 194. The summed E-state index contributed by atoms with van der Waals surface area (Å²) < 4.78 is 122. The van der Waals surface area contributed by atoms with Crippen molar-refractivity contribution in [3.63, 3.8) is 0 Å². The van der Waals surface area contributed by atoms with Crippen LogP contribution in [0.3, 0.4) is 0 Å². The molecule has 35 heteroatoms. The largest absolute Gasteiger partial charge is 0.462 e. The molecule has 24 atom stereocenters. The van der Waals surface area contributed by atoms with E-state index in [-0.39, 0.29) is 77.2 Å². The van der Waals surface area contributed by atoms with Crippen LogP contribution in [-0.4, -0.2) is 201 Å². The summed E-state index contributed by atoms with van der Waals surface area (Å²) in [7, 11) is 0. The summed E-state index contributed by atoms with van der Waals surface area (Å²) >= 11 is 0. The Bertz CT molecular complexity index is 3910. The number of alkyl halides is 3. The zero-order valence-electron chi connectivity index (χ0n) is 64.0. The first-order chi connectivity index (χ1) is 54.5. The Morgan fingerprint density at radius 2 is 0.643 bits per heavy atom. The highest BCUT2D eigenvalue weighted by atomic mass is 19.4. The molecule has 0 aromatic heterocycles. The van der Waals surface area contributed by atoms with Gasteiger partial charge < -0.3 is 75.8 Å². The molecule has 24 unspecified atom stereocenters. The lowest BCUT2D eigenvalue weighted by atomic mass is 9.78. The third-order valence-electron chi connectivity index (χ3n) is 24.8. The van der Waals surface area contributed by atoms with Crippen LogP contribution in [-0.2, 0) is 153 Å². The molecule has 15 aliphatic rings. The molecule has 4 aliphatic heterocycles. The predicted octanol–water partition coefficient (Wildman–Crippen LogP) is 6.03. The molecule has 0 spiro atoms. The molecule has 0 aromatic rings. The van der Waals surface area contributed by atoms with Gasteiger partial charge in [0.25, 0.3) is 0 Å². The van der Waals surface area contributed by atoms with Crippen molar-refractivity contribution in [2.45, 2.75) is 229 Å². The first-order valence-electron chi connectivity index (χ1n) is 39.3. The maximum Gasteiger partial charge on any atom is 0.422 e. The fourth-order valence-corrected chi connectivity index (χ4v) is 20.2. The summed E-state index contributed by atoms with van der Waals surface area (Å²) in [5.74, 6) is -18.2. The highest BCUT2D eigenvalue weighted by Gasteiger charge is 2.74. The van der Waals surface area contributed by atoms with E-state index in [0.717, 1.165) is 108 Å². The third kappa shape index (κ3) is 18.1. The Hall–Kier alpha value is -9.73. The summed E-state index contributed by atoms with van der Waals surface area (Å²) in [6.07, 6.45) is 7.44. The molecule has 4 saturated heterocycles. The molecule has 15 rings (SSSR count). The number of rotatable bonds is 23. The molecule has 628 valence electrons. The standard InChI is InChI=1S/C21H23F3O8.C21H26O8.C20H24O8.C18H22O8/c1-9(21(22,23)24)18(26)29-8-13(25)31-16-11-7-12-15(20(28)32-17(12)16)14(11)19(27)30-10-5-3-2-4-6-10;1-10(2)19(23)26-9-14(22)28-17-12-8-13-16(21(25)29-18(13)17)15(12)20(24)27-11-6-4-3-5-7-11;1-2-13(21)25-9-14(22)27-17-11-8-12-16(20(24)28-18(12)17)15(11)19(23)26-10-6-4-3-5-7-10;1-5-10(19)23-7-11(20)24-14-9-6-8-12(16(21)25-15(8)14)13(9)17(22)26-18(2,3)4/h10-12,14-17H,1-8H2;11-13,15-18H,1,3-9H2,2H3;2,10-12,15-18H,1,3-9H2;5,8-9,12-15H,1,6-7H2,2-4H3. The van der Waals surface area contributed by atoms with Gasteiger partial charge in [-0.25, -0.2) is 38.4 Å². The molecule has 0 aromatic carbocycles. The van der Waals surface area contributed by atoms with Crippen LogP contribution in [0.2, 0.25) is 0 Å². The van der Waals surface area contributed by atoms with Crippen LogP contribution in [0.5, 0.6) is 0 Å². The molecule has 0 amide bonds. The van der Waals surface area contributed by atoms with Gasteiger partial charge in [0.2, 0.25) is 0 Å². The van der Waals surface area contributed by atoms with E-state index in [1.807, 2.05) is 0 Å². The van der Waals surface area contributed by atoms with E-state index >= 15 is 0 Å². The quantitative estimate of drug-likeness (QED) is 0.0640. The van der Waals surface area contributed by atoms with Crippen molar-refractivity contribution in [2.24, 2.45) is 94.7 Å². The van der Waals surface area contributed by atoms with Gasteiger partial charge in [0.05, 0.1) is 47.3 Å². The fraction of sp³-hybridized carbons (Fsp3) is 0.700. The Balaban J connectivity index is 0.000000142. The summed E-state index contributed by atoms with van der Waals surface area (Å²) in [5, 5.41) is 0. The second-order valence-corrected chi connectivity index (χ2v) is 33.0. The summed E-state index contributed by atoms with van der Waals surface area (Å²) in [5.41, 5.74) is -2.26. The van der Waals surface area contributed by atoms with Crippen LogP contribution >= 0.6 is 0 Å². The number of hydrogen-bond acceptors (Lipinski definition) is 32. The van der Waals surface area contributed by atoms with Crippen LogP contribution in [0.4, 0.5) is 13.2 Å². The van der Waals surface area contributed by atoms with Crippen LogP contribution in [0.25, 0.3) is 0 Å². The average Bonchev–Trinajstić information content (AvgIpc) is 1.57. The molecule has 8 bridgehead atoms. The first-order valence-corrected chi connectivity index (χ1v) is 39.3. The van der Waals surface area contributed by atoms with Crippen LogP contribution < -0.4 is 0 Å². The molecule has 11 saturated carbocycles. The Kier molecular flexibility index (Phi) is 25.8. The number of carbonyl (C=O) groups is 16. The number of esters is 16. The van der Waals surface area contributed by atoms with E-state index in [2.05, 4.69) is 40.5 Å². The molecule has 115 heavy (non-hydrogen) atoms. The molecular weight excluding hydrogens is 1530 g/mol. The van der Waals surface area contributed by atoms with Gasteiger partial charge in [0.15, 0.2) is 26.4 Å². The van der Waals surface area contributed by atoms with Gasteiger partial charge in [-0.15, -0.1) is 0 Å². The van der Waals surface area contributed by atoms with Crippen LogP contribution in [0, 0.1) is 94.7 Å². The molecule has 11 aliphatic carbocycles. The van der Waals surface area contributed by atoms with Crippen molar-refractivity contribution in [1.82, 2.24) is 0 Å². The second kappa shape index (κ2) is 35.0. The smallest absolute Gasteiger partial charge is 0.422 e. The average molecular weight is 1630 g/mol. The van der Waals surface area contributed by atoms with Crippen LogP contribution in [0.15, 0.2) is 49.6 Å². The zero-order chi connectivity index (χ0) is 83.0. The lowest BCUT2D eigenvalue weighted by molar-refractivity contribution is -0.174. The molecular formula is C80H95F3O32. The Morgan fingerprint density at radius 1 is 0.383 bits per heavy atom. The maximum absolute atomic E-state index is 12.9. The second-order valence-electron chi connectivity index (χ2n) is 33.0. The topological polar surface area (TPSA) is 421 Å². The van der Waals surface area contributed by atoms with Crippen molar-refractivity contribution >= 4 is 95.5 Å². The normalized spacial score (nSPS) is 34.7. The van der Waals surface area contributed by atoms with Gasteiger partial charge in [0.1, 0.15) is 78.3 Å². The number of hydrogen-bond donors (Lipinski definition) is 0. The van der Waals surface area contributed by atoms with Gasteiger partial charge >= 0.3 is 102 Å². The number of fused-ring (bicyclic) bond motifs is 4. The lowest BCUT2D eigenvalue weighted by Crippen LogP contribution is -2.45. The highest BCUT2D eigenvalue weighted by molar-refractivity contribution is 5.93. The van der Waals surface area contributed by atoms with Gasteiger partial charge in [-0.3, -0.25) is 38.4 Å². The van der Waals surface area contributed by atoms with Crippen molar-refractivity contribution in [3.05, 3.63) is 49.6 Å². The number of carbonyl (C=O) groups excluding carboxylic acids is 16. The van der Waals surface area contributed by atoms with E-state index in [9.17, 15) is 89.9 Å². The van der Waals surface area contributed by atoms with Crippen LogP contribution in [0.1, 0.15) is 150 Å². The van der Waals surface area contributed by atoms with E-state index in [1.165, 1.54) is 6.92 Å². The van der Waals surface area contributed by atoms with Gasteiger partial charge in [-0.05, 0) is 130 Å². The SMILES string of the molecule is C=C(C(=O)OCC(=O)OC1C2CC3C1OC(=O)C3C2C(=O)OC1CCCCC1)C(F)(F)F.C=C(C)C(=O)OCC(=O)OC1C2CC3C1OC(=O)C3C2C(=O)OC1CCCCC1.C=CC(=O)OCC(=O)OC1C2CC3C1OC(=O)C3C2C(=O)OC(C)(C)C.C=CC(=O)OCC(=O)OC1C2CC3C1OC(=O)C3C2C(=O)OC1CCCCC1. The van der Waals surface area contributed by atoms with E-state index < -0.39 is 229 Å². The Morgan fingerprint density at radius 3 is 0.896 bits per heavy atom. The minimum Gasteiger partial charge on any atom is -0.462 e. The maximum atomic E-state index is 12.9. The monoisotopic (exact) mass is 1620 g/mol. The summed E-state index contributed by atoms with van der Waals surface area (Å²) in [6.45, 7) is 16.5. The fourth-order valence-electron chi connectivity index (χ4n) is 20.2. The molecule has 32 nitrogen and oxygen atoms in total. The van der Waals surface area contributed by atoms with Crippen molar-refractivity contribution in [1.29, 1.82) is 0 Å². The van der Waals surface area contributed by atoms with Crippen molar-refractivity contribution in [3.8, 4) is 0 Å². The third-order valence-corrected chi connectivity index (χ3v) is 24.8. The highest BCUT2D eigenvalue weighted by Crippen LogP contribution is 2.63. The minimum atomic E-state index is -4.98. The lowest BCUT2D eigenvalue weighted by Gasteiger charge is -2.32. The van der Waals surface area contributed by atoms with Gasteiger partial charge in [-0.1, -0.05) is 45.6 Å². The number of halogens is 3. The Labute approximate surface area is 658 Å². The van der Waals surface area contributed by atoms with Gasteiger partial charge in [-0.2, -0.15) is 13.2 Å². The van der Waals surface area contributed by atoms with E-state index in [1.54, 1.807) is 20.8 Å². The predicted molar refractivity (Wildman–Crippen MR) is 372 cm³/mol. The van der Waals surface area contributed by atoms with E-state index in [4.69, 9.17) is 61.6 Å². The number of ether oxygens (including phenoxy) is 16. The minimum absolute atomic E-state index is 0.104. The molecule has 0 radical (unpaired) electrons. The molecule has 15 fully saturated rings. The summed E-state index contributed by atoms with van der Waals surface area (Å²) in [6, 6.07) is 0. The zero-order valence-corrected chi connectivity index (χ0v) is 64.0. The van der Waals surface area contributed by atoms with Crippen molar-refractivity contribution in [2.75, 3.05) is 26.4 Å². The van der Waals surface area contributed by atoms with E-state index in [0.29, 0.717) is 25.7 Å². The first kappa shape index (κ1) is 84.7. The molecule has 4 heterocycles.